The molecule has 0 radical (unpaired) electrons. The van der Waals surface area contributed by atoms with E-state index in [-0.39, 0.29) is 35.9 Å². The van der Waals surface area contributed by atoms with Crippen molar-refractivity contribution in [3.05, 3.63) is 34.7 Å². The third kappa shape index (κ3) is 7.26. The van der Waals surface area contributed by atoms with Crippen LogP contribution in [0.3, 0.4) is 0 Å². The van der Waals surface area contributed by atoms with E-state index in [0.717, 1.165) is 37.8 Å². The molecule has 0 bridgehead atoms. The first-order chi connectivity index (χ1) is 19.2. The molecule has 2 aliphatic heterocycles. The van der Waals surface area contributed by atoms with Crippen LogP contribution >= 0.6 is 11.6 Å². The van der Waals surface area contributed by atoms with Crippen LogP contribution in [0.5, 0.6) is 0 Å². The van der Waals surface area contributed by atoms with E-state index in [1.54, 1.807) is 20.1 Å². The second-order valence-corrected chi connectivity index (χ2v) is 11.5. The Bertz CT molecular complexity index is 1210. The lowest BCUT2D eigenvalue weighted by atomic mass is 9.88. The van der Waals surface area contributed by atoms with Crippen molar-refractivity contribution in [2.75, 3.05) is 39.9 Å². The Morgan fingerprint density at radius 1 is 1.18 bits per heavy atom. The first-order valence-electron chi connectivity index (χ1n) is 14.2. The van der Waals surface area contributed by atoms with Crippen molar-refractivity contribution < 1.29 is 28.6 Å². The number of rotatable bonds is 10. The van der Waals surface area contributed by atoms with Crippen molar-refractivity contribution >= 4 is 40.4 Å². The third-order valence-electron chi connectivity index (χ3n) is 8.34. The lowest BCUT2D eigenvalue weighted by molar-refractivity contribution is -0.133. The van der Waals surface area contributed by atoms with E-state index >= 15 is 0 Å². The lowest BCUT2D eigenvalue weighted by Gasteiger charge is -2.35. The van der Waals surface area contributed by atoms with Crippen LogP contribution in [-0.4, -0.2) is 83.3 Å². The topological polar surface area (TPSA) is 104 Å². The standard InChI is InChI=1S/C29H40ClFN4O5/c1-19(36)33-12-8-20(9-13-33)15-22(32-29(38)39)16-27(37)34-10-3-5-21(18-34)26-17-23-25(31)7-6-24(30)28(23)35(26)11-4-14-40-2/h6-7,17,20-22,32H,3-5,8-16,18H2,1-2H3,(H,38,39)/t21?,22-/m1/s1. The number of ether oxygens (including phenoxy) is 1. The third-order valence-corrected chi connectivity index (χ3v) is 8.64. The number of aromatic nitrogens is 1. The maximum absolute atomic E-state index is 14.8. The number of halogens is 2. The normalized spacial score (nSPS) is 19.1. The van der Waals surface area contributed by atoms with Crippen LogP contribution < -0.4 is 5.32 Å². The summed E-state index contributed by atoms with van der Waals surface area (Å²) in [5.74, 6) is -0.111. The summed E-state index contributed by atoms with van der Waals surface area (Å²) in [4.78, 5) is 40.3. The molecule has 3 heterocycles. The number of methoxy groups -OCH3 is 1. The zero-order valence-corrected chi connectivity index (χ0v) is 24.1. The highest BCUT2D eigenvalue weighted by molar-refractivity contribution is 6.35. The summed E-state index contributed by atoms with van der Waals surface area (Å²) in [5, 5.41) is 13.0. The van der Waals surface area contributed by atoms with Crippen LogP contribution in [0, 0.1) is 11.7 Å². The number of fused-ring (bicyclic) bond motifs is 1. The number of carboxylic acid groups (broad SMARTS) is 1. The van der Waals surface area contributed by atoms with Crippen LogP contribution in [0.15, 0.2) is 18.2 Å². The molecule has 9 nitrogen and oxygen atoms in total. The van der Waals surface area contributed by atoms with Gasteiger partial charge < -0.3 is 29.5 Å². The highest BCUT2D eigenvalue weighted by Gasteiger charge is 2.31. The zero-order valence-electron chi connectivity index (χ0n) is 23.3. The van der Waals surface area contributed by atoms with E-state index in [4.69, 9.17) is 16.3 Å². The molecule has 11 heteroatoms. The number of piperidine rings is 2. The van der Waals surface area contributed by atoms with Gasteiger partial charge in [0.1, 0.15) is 5.82 Å². The van der Waals surface area contributed by atoms with E-state index in [1.807, 2.05) is 15.9 Å². The van der Waals surface area contributed by atoms with Crippen molar-refractivity contribution in [1.82, 2.24) is 19.7 Å². The number of carbonyl (C=O) groups excluding carboxylic acids is 2. The number of amides is 3. The molecule has 40 heavy (non-hydrogen) atoms. The lowest BCUT2D eigenvalue weighted by Crippen LogP contribution is -2.45. The maximum atomic E-state index is 14.8. The van der Waals surface area contributed by atoms with Gasteiger partial charge in [-0.1, -0.05) is 11.6 Å². The van der Waals surface area contributed by atoms with Crippen LogP contribution in [0.2, 0.25) is 5.02 Å². The summed E-state index contributed by atoms with van der Waals surface area (Å²) in [5.41, 5.74) is 1.62. The fourth-order valence-electron chi connectivity index (χ4n) is 6.31. The second-order valence-electron chi connectivity index (χ2n) is 11.1. The minimum atomic E-state index is -1.14. The maximum Gasteiger partial charge on any atom is 0.404 e. The molecular weight excluding hydrogens is 539 g/mol. The van der Waals surface area contributed by atoms with Crippen molar-refractivity contribution in [2.45, 2.75) is 70.4 Å². The summed E-state index contributed by atoms with van der Waals surface area (Å²) >= 11 is 6.52. The number of carbonyl (C=O) groups is 3. The molecule has 0 saturated carbocycles. The summed E-state index contributed by atoms with van der Waals surface area (Å²) < 4.78 is 22.1. The molecule has 2 aliphatic rings. The van der Waals surface area contributed by atoms with Gasteiger partial charge in [-0.2, -0.15) is 0 Å². The number of aryl methyl sites for hydroxylation is 1. The van der Waals surface area contributed by atoms with E-state index in [2.05, 4.69) is 9.88 Å². The fraction of sp³-hybridized carbons (Fsp3) is 0.621. The monoisotopic (exact) mass is 578 g/mol. The smallest absolute Gasteiger partial charge is 0.404 e. The number of benzene rings is 1. The summed E-state index contributed by atoms with van der Waals surface area (Å²) in [6, 6.07) is 4.33. The van der Waals surface area contributed by atoms with Gasteiger partial charge in [0.25, 0.3) is 0 Å². The molecule has 0 aliphatic carbocycles. The minimum absolute atomic E-state index is 0.00454. The van der Waals surface area contributed by atoms with Gasteiger partial charge >= 0.3 is 6.09 Å². The Kier molecular flexibility index (Phi) is 10.3. The summed E-state index contributed by atoms with van der Waals surface area (Å²) in [6.45, 7) is 5.14. The van der Waals surface area contributed by atoms with Gasteiger partial charge in [-0.05, 0) is 62.6 Å². The zero-order chi connectivity index (χ0) is 28.8. The first-order valence-corrected chi connectivity index (χ1v) is 14.5. The average Bonchev–Trinajstić information content (AvgIpc) is 3.32. The molecule has 2 saturated heterocycles. The first kappa shape index (κ1) is 30.1. The fourth-order valence-corrected chi connectivity index (χ4v) is 6.58. The highest BCUT2D eigenvalue weighted by Crippen LogP contribution is 2.36. The second kappa shape index (κ2) is 13.7. The molecular formula is C29H40ClFN4O5. The number of nitrogens with one attached hydrogen (secondary N) is 1. The Labute approximate surface area is 239 Å². The SMILES string of the molecule is COCCCn1c(C2CCCN(C(=O)C[C@@H](CC3CCN(C(C)=O)CC3)NC(=O)O)C2)cc2c(F)ccc(Cl)c21. The van der Waals surface area contributed by atoms with Crippen LogP contribution in [0.1, 0.15) is 63.5 Å². The summed E-state index contributed by atoms with van der Waals surface area (Å²) in [6.07, 6.45) is 3.49. The minimum Gasteiger partial charge on any atom is -0.465 e. The van der Waals surface area contributed by atoms with E-state index in [0.29, 0.717) is 61.7 Å². The van der Waals surface area contributed by atoms with E-state index in [9.17, 15) is 23.9 Å². The van der Waals surface area contributed by atoms with E-state index < -0.39 is 12.1 Å². The molecule has 2 aromatic rings. The number of hydrogen-bond donors (Lipinski definition) is 2. The van der Waals surface area contributed by atoms with Crippen molar-refractivity contribution in [3.8, 4) is 0 Å². The van der Waals surface area contributed by atoms with Gasteiger partial charge in [0.15, 0.2) is 0 Å². The van der Waals surface area contributed by atoms with Crippen molar-refractivity contribution in [2.24, 2.45) is 5.92 Å². The Hall–Kier alpha value is -2.85. The van der Waals surface area contributed by atoms with Crippen molar-refractivity contribution in [1.29, 1.82) is 0 Å². The summed E-state index contributed by atoms with van der Waals surface area (Å²) in [7, 11) is 1.65. The Balaban J connectivity index is 1.47. The Morgan fingerprint density at radius 2 is 1.93 bits per heavy atom. The molecule has 220 valence electrons. The van der Waals surface area contributed by atoms with Crippen molar-refractivity contribution in [3.63, 3.8) is 0 Å². The molecule has 1 aromatic heterocycles. The average molecular weight is 579 g/mol. The molecule has 1 unspecified atom stereocenters. The van der Waals surface area contributed by atoms with Gasteiger partial charge in [0.2, 0.25) is 11.8 Å². The molecule has 0 spiro atoms. The van der Waals surface area contributed by atoms with Crippen LogP contribution in [-0.2, 0) is 20.9 Å². The van der Waals surface area contributed by atoms with Gasteiger partial charge in [-0.25, -0.2) is 9.18 Å². The van der Waals surface area contributed by atoms with Gasteiger partial charge in [-0.15, -0.1) is 0 Å². The number of nitrogens with zero attached hydrogens (tertiary/aromatic N) is 3. The van der Waals surface area contributed by atoms with Gasteiger partial charge in [0, 0.05) is 82.8 Å². The molecule has 1 aromatic carbocycles. The number of hydrogen-bond acceptors (Lipinski definition) is 4. The van der Waals surface area contributed by atoms with E-state index in [1.165, 1.54) is 6.07 Å². The highest BCUT2D eigenvalue weighted by atomic mass is 35.5. The molecule has 2 N–H and O–H groups in total. The molecule has 2 atom stereocenters. The molecule has 3 amide bonds. The quantitative estimate of drug-likeness (QED) is 0.392. The van der Waals surface area contributed by atoms with Crippen LogP contribution in [0.4, 0.5) is 9.18 Å². The van der Waals surface area contributed by atoms with Gasteiger partial charge in [0.05, 0.1) is 10.5 Å². The predicted octanol–water partition coefficient (Wildman–Crippen LogP) is 4.85. The molecule has 4 rings (SSSR count). The van der Waals surface area contributed by atoms with Crippen LogP contribution in [0.25, 0.3) is 10.9 Å². The largest absolute Gasteiger partial charge is 0.465 e. The Morgan fingerprint density at radius 3 is 2.60 bits per heavy atom. The molecule has 2 fully saturated rings. The van der Waals surface area contributed by atoms with Gasteiger partial charge in [-0.3, -0.25) is 9.59 Å². The number of likely N-dealkylation sites (tertiary alicyclic amines) is 2. The predicted molar refractivity (Wildman–Crippen MR) is 151 cm³/mol.